The number of para-hydroxylation sites is 1. The highest BCUT2D eigenvalue weighted by Gasteiger charge is 2.29. The van der Waals surface area contributed by atoms with Crippen LogP contribution in [0.2, 0.25) is 0 Å². The van der Waals surface area contributed by atoms with Gasteiger partial charge >= 0.3 is 6.09 Å². The second kappa shape index (κ2) is 9.26. The van der Waals surface area contributed by atoms with Gasteiger partial charge in [0, 0.05) is 23.1 Å². The first-order chi connectivity index (χ1) is 15.7. The Balaban J connectivity index is 1.56. The third-order valence-corrected chi connectivity index (χ3v) is 5.92. The van der Waals surface area contributed by atoms with Crippen LogP contribution in [0.3, 0.4) is 0 Å². The SMILES string of the molecule is CC1c2cc(Oc3ccccc3-c3ccccc3F)ccc2CCC1NC(=O)OC(C)(C)C. The van der Waals surface area contributed by atoms with Crippen molar-refractivity contribution in [2.45, 2.75) is 58.1 Å². The summed E-state index contributed by atoms with van der Waals surface area (Å²) in [5.74, 6) is 1.09. The lowest BCUT2D eigenvalue weighted by Crippen LogP contribution is -2.43. The van der Waals surface area contributed by atoms with Crippen LogP contribution in [0.4, 0.5) is 9.18 Å². The smallest absolute Gasteiger partial charge is 0.407 e. The lowest BCUT2D eigenvalue weighted by atomic mass is 9.80. The summed E-state index contributed by atoms with van der Waals surface area (Å²) in [6.07, 6.45) is 1.32. The van der Waals surface area contributed by atoms with Gasteiger partial charge in [-0.05, 0) is 69.0 Å². The van der Waals surface area contributed by atoms with Gasteiger partial charge in [0.15, 0.2) is 0 Å². The first kappa shape index (κ1) is 22.8. The van der Waals surface area contributed by atoms with E-state index < -0.39 is 11.7 Å². The molecule has 3 aromatic carbocycles. The van der Waals surface area contributed by atoms with E-state index in [1.54, 1.807) is 12.1 Å². The molecule has 1 aliphatic carbocycles. The zero-order chi connectivity index (χ0) is 23.6. The Kier molecular flexibility index (Phi) is 6.41. The number of aryl methyl sites for hydroxylation is 1. The fourth-order valence-corrected chi connectivity index (χ4v) is 4.31. The molecule has 4 nitrogen and oxygen atoms in total. The van der Waals surface area contributed by atoms with Crippen LogP contribution in [-0.2, 0) is 11.2 Å². The van der Waals surface area contributed by atoms with E-state index in [1.165, 1.54) is 11.6 Å². The predicted octanol–water partition coefficient (Wildman–Crippen LogP) is 7.23. The minimum Gasteiger partial charge on any atom is -0.457 e. The van der Waals surface area contributed by atoms with Gasteiger partial charge in [0.25, 0.3) is 0 Å². The summed E-state index contributed by atoms with van der Waals surface area (Å²) in [5, 5.41) is 3.03. The van der Waals surface area contributed by atoms with Gasteiger partial charge in [-0.2, -0.15) is 0 Å². The van der Waals surface area contributed by atoms with Crippen LogP contribution in [0.25, 0.3) is 11.1 Å². The molecule has 0 aliphatic heterocycles. The molecule has 2 unspecified atom stereocenters. The van der Waals surface area contributed by atoms with Crippen LogP contribution in [0.15, 0.2) is 66.7 Å². The minimum absolute atomic E-state index is 0.0201. The third-order valence-electron chi connectivity index (χ3n) is 5.92. The average molecular weight is 448 g/mol. The molecule has 33 heavy (non-hydrogen) atoms. The van der Waals surface area contributed by atoms with Crippen molar-refractivity contribution in [3.05, 3.63) is 83.7 Å². The van der Waals surface area contributed by atoms with Crippen molar-refractivity contribution >= 4 is 6.09 Å². The van der Waals surface area contributed by atoms with Gasteiger partial charge in [-0.3, -0.25) is 0 Å². The van der Waals surface area contributed by atoms with Crippen molar-refractivity contribution < 1.29 is 18.7 Å². The number of benzene rings is 3. The summed E-state index contributed by atoms with van der Waals surface area (Å²) >= 11 is 0. The lowest BCUT2D eigenvalue weighted by molar-refractivity contribution is 0.0493. The maximum absolute atomic E-state index is 14.4. The standard InChI is InChI=1S/C28H30FNO3/c1-18-23-17-20(15-13-19(23)14-16-25(18)30-27(31)33-28(2,3)4)32-26-12-8-6-10-22(26)21-9-5-7-11-24(21)29/h5-13,15,17-18,25H,14,16H2,1-4H3,(H,30,31). The molecule has 2 atom stereocenters. The first-order valence-corrected chi connectivity index (χ1v) is 11.4. The van der Waals surface area contributed by atoms with Gasteiger partial charge in [0.2, 0.25) is 0 Å². The number of carbonyl (C=O) groups is 1. The van der Waals surface area contributed by atoms with Crippen LogP contribution < -0.4 is 10.1 Å². The molecule has 0 heterocycles. The maximum Gasteiger partial charge on any atom is 0.407 e. The maximum atomic E-state index is 14.4. The second-order valence-electron chi connectivity index (χ2n) is 9.52. The summed E-state index contributed by atoms with van der Waals surface area (Å²) < 4.78 is 26.1. The molecular formula is C28H30FNO3. The van der Waals surface area contributed by atoms with E-state index >= 15 is 0 Å². The summed E-state index contributed by atoms with van der Waals surface area (Å²) in [6.45, 7) is 7.68. The highest BCUT2D eigenvalue weighted by Crippen LogP contribution is 2.38. The fourth-order valence-electron chi connectivity index (χ4n) is 4.31. The van der Waals surface area contributed by atoms with E-state index in [4.69, 9.17) is 9.47 Å². The third kappa shape index (κ3) is 5.36. The summed E-state index contributed by atoms with van der Waals surface area (Å²) in [4.78, 5) is 12.3. The zero-order valence-corrected chi connectivity index (χ0v) is 19.5. The molecular weight excluding hydrogens is 417 g/mol. The monoisotopic (exact) mass is 447 g/mol. The molecule has 0 spiro atoms. The van der Waals surface area contributed by atoms with Crippen LogP contribution in [0.5, 0.6) is 11.5 Å². The van der Waals surface area contributed by atoms with Gasteiger partial charge in [-0.25, -0.2) is 9.18 Å². The molecule has 0 fully saturated rings. The van der Waals surface area contributed by atoms with E-state index in [9.17, 15) is 9.18 Å². The normalized spacial score (nSPS) is 17.7. The second-order valence-corrected chi connectivity index (χ2v) is 9.52. The molecule has 0 aromatic heterocycles. The number of hydrogen-bond donors (Lipinski definition) is 1. The molecule has 4 rings (SSSR count). The molecule has 0 saturated heterocycles. The molecule has 172 valence electrons. The highest BCUT2D eigenvalue weighted by molar-refractivity contribution is 5.71. The molecule has 1 amide bonds. The molecule has 1 aliphatic rings. The molecule has 3 aromatic rings. The number of rotatable bonds is 4. The first-order valence-electron chi connectivity index (χ1n) is 11.4. The Morgan fingerprint density at radius 1 is 1.00 bits per heavy atom. The minimum atomic E-state index is -0.535. The molecule has 1 N–H and O–H groups in total. The van der Waals surface area contributed by atoms with Crippen molar-refractivity contribution in [1.82, 2.24) is 5.32 Å². The number of ether oxygens (including phenoxy) is 2. The Hall–Kier alpha value is -3.34. The number of hydrogen-bond acceptors (Lipinski definition) is 3. The number of alkyl carbamates (subject to hydrolysis) is 1. The number of halogens is 1. The van der Waals surface area contributed by atoms with Crippen LogP contribution in [-0.4, -0.2) is 17.7 Å². The predicted molar refractivity (Wildman–Crippen MR) is 128 cm³/mol. The highest BCUT2D eigenvalue weighted by atomic mass is 19.1. The quantitative estimate of drug-likeness (QED) is 0.459. The number of carbonyl (C=O) groups excluding carboxylic acids is 1. The van der Waals surface area contributed by atoms with Crippen molar-refractivity contribution in [3.8, 4) is 22.6 Å². The van der Waals surface area contributed by atoms with E-state index in [-0.39, 0.29) is 17.8 Å². The van der Waals surface area contributed by atoms with Gasteiger partial charge in [0.05, 0.1) is 0 Å². The molecule has 0 saturated carbocycles. The largest absolute Gasteiger partial charge is 0.457 e. The van der Waals surface area contributed by atoms with Crippen molar-refractivity contribution in [2.75, 3.05) is 0 Å². The van der Waals surface area contributed by atoms with Crippen LogP contribution in [0.1, 0.15) is 51.2 Å². The van der Waals surface area contributed by atoms with E-state index in [2.05, 4.69) is 18.3 Å². The molecule has 0 bridgehead atoms. The average Bonchev–Trinajstić information content (AvgIpc) is 2.76. The Morgan fingerprint density at radius 2 is 1.70 bits per heavy atom. The van der Waals surface area contributed by atoms with Gasteiger partial charge < -0.3 is 14.8 Å². The Bertz CT molecular complexity index is 1150. The van der Waals surface area contributed by atoms with Gasteiger partial charge in [-0.15, -0.1) is 0 Å². The topological polar surface area (TPSA) is 47.6 Å². The lowest BCUT2D eigenvalue weighted by Gasteiger charge is -2.33. The number of nitrogens with one attached hydrogen (secondary N) is 1. The number of fused-ring (bicyclic) bond motifs is 1. The van der Waals surface area contributed by atoms with E-state index in [1.807, 2.05) is 63.2 Å². The summed E-state index contributed by atoms with van der Waals surface area (Å²) in [5.41, 5.74) is 3.06. The Morgan fingerprint density at radius 3 is 2.42 bits per heavy atom. The van der Waals surface area contributed by atoms with Crippen molar-refractivity contribution in [2.24, 2.45) is 0 Å². The summed E-state index contributed by atoms with van der Waals surface area (Å²) in [7, 11) is 0. The van der Waals surface area contributed by atoms with Gasteiger partial charge in [-0.1, -0.05) is 49.4 Å². The van der Waals surface area contributed by atoms with Crippen molar-refractivity contribution in [3.63, 3.8) is 0 Å². The van der Waals surface area contributed by atoms with Gasteiger partial charge in [0.1, 0.15) is 22.9 Å². The van der Waals surface area contributed by atoms with E-state index in [0.717, 1.165) is 18.4 Å². The van der Waals surface area contributed by atoms with E-state index in [0.29, 0.717) is 22.6 Å². The van der Waals surface area contributed by atoms with Crippen molar-refractivity contribution in [1.29, 1.82) is 0 Å². The van der Waals surface area contributed by atoms with Crippen LogP contribution >= 0.6 is 0 Å². The van der Waals surface area contributed by atoms with Crippen LogP contribution in [0, 0.1) is 5.82 Å². The Labute approximate surface area is 194 Å². The summed E-state index contributed by atoms with van der Waals surface area (Å²) in [6, 6.07) is 20.2. The zero-order valence-electron chi connectivity index (χ0n) is 19.5. The molecule has 0 radical (unpaired) electrons. The number of amides is 1. The fraction of sp³-hybridized carbons (Fsp3) is 0.321. The molecule has 5 heteroatoms.